The average Bonchev–Trinajstić information content (AvgIpc) is 2.73. The minimum Gasteiger partial charge on any atom is -0.465 e. The van der Waals surface area contributed by atoms with Gasteiger partial charge in [0.2, 0.25) is 0 Å². The molecule has 0 aliphatic carbocycles. The van der Waals surface area contributed by atoms with Crippen LogP contribution < -0.4 is 10.9 Å². The predicted octanol–water partition coefficient (Wildman–Crippen LogP) is 4.29. The van der Waals surface area contributed by atoms with E-state index in [0.29, 0.717) is 16.8 Å². The lowest BCUT2D eigenvalue weighted by Crippen LogP contribution is -2.25. The van der Waals surface area contributed by atoms with Crippen molar-refractivity contribution in [3.63, 3.8) is 0 Å². The molecule has 29 heavy (non-hydrogen) atoms. The number of aryl methyl sites for hydroxylation is 1. The number of ether oxygens (including phenoxy) is 1. The minimum atomic E-state index is -0.602. The van der Waals surface area contributed by atoms with Crippen LogP contribution in [0.5, 0.6) is 0 Å². The number of anilines is 1. The molecule has 6 nitrogen and oxygen atoms in total. The Bertz CT molecular complexity index is 1130. The predicted molar refractivity (Wildman–Crippen MR) is 109 cm³/mol. The van der Waals surface area contributed by atoms with Crippen molar-refractivity contribution in [2.45, 2.75) is 19.9 Å². The summed E-state index contributed by atoms with van der Waals surface area (Å²) in [6, 6.07) is 11.0. The molecule has 1 heterocycles. The third-order valence-electron chi connectivity index (χ3n) is 4.52. The van der Waals surface area contributed by atoms with E-state index in [4.69, 9.17) is 16.3 Å². The quantitative estimate of drug-likeness (QED) is 0.629. The first-order chi connectivity index (χ1) is 13.8. The van der Waals surface area contributed by atoms with Gasteiger partial charge in [0.05, 0.1) is 30.2 Å². The number of carbonyl (C=O) groups is 1. The molecule has 0 spiro atoms. The SMILES string of the molecule is COC(=O)c1ccccc1-n1ncc(NC(C)c2ccc(C)c(F)c2)c(Cl)c1=O. The van der Waals surface area contributed by atoms with Crippen molar-refractivity contribution in [2.24, 2.45) is 0 Å². The summed E-state index contributed by atoms with van der Waals surface area (Å²) >= 11 is 6.28. The van der Waals surface area contributed by atoms with Crippen molar-refractivity contribution >= 4 is 23.3 Å². The van der Waals surface area contributed by atoms with Crippen LogP contribution in [0.3, 0.4) is 0 Å². The van der Waals surface area contributed by atoms with Crippen molar-refractivity contribution in [1.82, 2.24) is 9.78 Å². The molecule has 1 atom stereocenters. The number of hydrogen-bond acceptors (Lipinski definition) is 5. The van der Waals surface area contributed by atoms with Gasteiger partial charge in [0, 0.05) is 6.04 Å². The highest BCUT2D eigenvalue weighted by Crippen LogP contribution is 2.25. The fraction of sp³-hybridized carbons (Fsp3) is 0.190. The van der Waals surface area contributed by atoms with Gasteiger partial charge in [-0.05, 0) is 43.2 Å². The number of benzene rings is 2. The fourth-order valence-corrected chi connectivity index (χ4v) is 3.02. The number of aromatic nitrogens is 2. The number of rotatable bonds is 5. The van der Waals surface area contributed by atoms with Crippen molar-refractivity contribution < 1.29 is 13.9 Å². The van der Waals surface area contributed by atoms with Crippen molar-refractivity contribution in [3.05, 3.63) is 86.5 Å². The second-order valence-electron chi connectivity index (χ2n) is 6.47. The van der Waals surface area contributed by atoms with E-state index in [0.717, 1.165) is 4.68 Å². The first-order valence-electron chi connectivity index (χ1n) is 8.81. The summed E-state index contributed by atoms with van der Waals surface area (Å²) in [6.07, 6.45) is 1.39. The van der Waals surface area contributed by atoms with Gasteiger partial charge in [-0.25, -0.2) is 9.18 Å². The fourth-order valence-electron chi connectivity index (χ4n) is 2.84. The van der Waals surface area contributed by atoms with E-state index in [1.807, 2.05) is 6.92 Å². The lowest BCUT2D eigenvalue weighted by atomic mass is 10.1. The molecule has 0 saturated heterocycles. The van der Waals surface area contributed by atoms with E-state index in [1.54, 1.807) is 37.3 Å². The number of halogens is 2. The van der Waals surface area contributed by atoms with Gasteiger partial charge >= 0.3 is 5.97 Å². The molecule has 0 radical (unpaired) electrons. The zero-order valence-corrected chi connectivity index (χ0v) is 16.8. The summed E-state index contributed by atoms with van der Waals surface area (Å²) in [5, 5.41) is 7.12. The van der Waals surface area contributed by atoms with Gasteiger partial charge in [0.15, 0.2) is 0 Å². The standard InChI is InChI=1S/C21H19ClFN3O3/c1-12-8-9-14(10-16(12)23)13(2)25-17-11-24-26(20(27)19(17)22)18-7-5-4-6-15(18)21(28)29-3/h4-11,13,25H,1-3H3. The molecule has 150 valence electrons. The average molecular weight is 416 g/mol. The molecular weight excluding hydrogens is 397 g/mol. The molecule has 1 N–H and O–H groups in total. The molecule has 0 amide bonds. The maximum atomic E-state index is 13.8. The Balaban J connectivity index is 1.96. The van der Waals surface area contributed by atoms with Crippen molar-refractivity contribution in [2.75, 3.05) is 12.4 Å². The number of para-hydroxylation sites is 1. The summed E-state index contributed by atoms with van der Waals surface area (Å²) in [5.41, 5.74) is 1.39. The van der Waals surface area contributed by atoms with E-state index in [9.17, 15) is 14.0 Å². The van der Waals surface area contributed by atoms with Gasteiger partial charge in [-0.3, -0.25) is 4.79 Å². The van der Waals surface area contributed by atoms with Crippen LogP contribution in [0, 0.1) is 12.7 Å². The summed E-state index contributed by atoms with van der Waals surface area (Å²) < 4.78 is 19.6. The van der Waals surface area contributed by atoms with Crippen LogP contribution >= 0.6 is 11.6 Å². The molecule has 1 unspecified atom stereocenters. The largest absolute Gasteiger partial charge is 0.465 e. The van der Waals surface area contributed by atoms with Gasteiger partial charge in [0.1, 0.15) is 10.8 Å². The minimum absolute atomic E-state index is 0.0981. The molecule has 3 rings (SSSR count). The molecule has 0 aliphatic rings. The lowest BCUT2D eigenvalue weighted by molar-refractivity contribution is 0.0600. The third kappa shape index (κ3) is 4.14. The highest BCUT2D eigenvalue weighted by atomic mass is 35.5. The first kappa shape index (κ1) is 20.5. The summed E-state index contributed by atoms with van der Waals surface area (Å²) in [5.74, 6) is -0.905. The molecule has 0 saturated carbocycles. The third-order valence-corrected chi connectivity index (χ3v) is 4.89. The highest BCUT2D eigenvalue weighted by molar-refractivity contribution is 6.33. The van der Waals surface area contributed by atoms with Crippen LogP contribution in [0.1, 0.15) is 34.5 Å². The summed E-state index contributed by atoms with van der Waals surface area (Å²) in [6.45, 7) is 3.50. The van der Waals surface area contributed by atoms with Gasteiger partial charge in [0.25, 0.3) is 5.56 Å². The second kappa shape index (κ2) is 8.45. The van der Waals surface area contributed by atoms with E-state index >= 15 is 0 Å². The van der Waals surface area contributed by atoms with Crippen LogP contribution in [0.4, 0.5) is 10.1 Å². The number of methoxy groups -OCH3 is 1. The van der Waals surface area contributed by atoms with E-state index in [1.165, 1.54) is 25.4 Å². The topological polar surface area (TPSA) is 73.2 Å². The normalized spacial score (nSPS) is 11.8. The monoisotopic (exact) mass is 415 g/mol. The molecule has 1 aromatic heterocycles. The maximum absolute atomic E-state index is 13.8. The van der Waals surface area contributed by atoms with Crippen LogP contribution in [-0.2, 0) is 4.74 Å². The van der Waals surface area contributed by atoms with Crippen molar-refractivity contribution in [1.29, 1.82) is 0 Å². The number of nitrogens with zero attached hydrogens (tertiary/aromatic N) is 2. The van der Waals surface area contributed by atoms with Crippen LogP contribution in [0.15, 0.2) is 53.5 Å². The Labute approximate surface area is 171 Å². The van der Waals surface area contributed by atoms with Gasteiger partial charge < -0.3 is 10.1 Å². The highest BCUT2D eigenvalue weighted by Gasteiger charge is 2.18. The Morgan fingerprint density at radius 3 is 2.69 bits per heavy atom. The Morgan fingerprint density at radius 1 is 1.28 bits per heavy atom. The summed E-state index contributed by atoms with van der Waals surface area (Å²) in [4.78, 5) is 24.8. The Kier molecular flexibility index (Phi) is 5.98. The number of nitrogens with one attached hydrogen (secondary N) is 1. The Morgan fingerprint density at radius 2 is 2.00 bits per heavy atom. The lowest BCUT2D eigenvalue weighted by Gasteiger charge is -2.18. The molecule has 0 aliphatic heterocycles. The van der Waals surface area contributed by atoms with Crippen LogP contribution in [0.25, 0.3) is 5.69 Å². The van der Waals surface area contributed by atoms with Crippen LogP contribution in [0.2, 0.25) is 5.02 Å². The molecule has 8 heteroatoms. The zero-order valence-electron chi connectivity index (χ0n) is 16.1. The van der Waals surface area contributed by atoms with Gasteiger partial charge in [-0.15, -0.1) is 0 Å². The van der Waals surface area contributed by atoms with E-state index in [2.05, 4.69) is 10.4 Å². The van der Waals surface area contributed by atoms with E-state index < -0.39 is 11.5 Å². The smallest absolute Gasteiger partial charge is 0.340 e. The Hall–Kier alpha value is -3.19. The van der Waals surface area contributed by atoms with E-state index in [-0.39, 0.29) is 28.1 Å². The summed E-state index contributed by atoms with van der Waals surface area (Å²) in [7, 11) is 1.25. The number of esters is 1. The van der Waals surface area contributed by atoms with Gasteiger partial charge in [-0.2, -0.15) is 9.78 Å². The molecule has 2 aromatic carbocycles. The molecule has 0 fully saturated rings. The number of hydrogen-bond donors (Lipinski definition) is 1. The van der Waals surface area contributed by atoms with Gasteiger partial charge in [-0.1, -0.05) is 35.9 Å². The molecular formula is C21H19ClFN3O3. The van der Waals surface area contributed by atoms with Crippen LogP contribution in [-0.4, -0.2) is 22.9 Å². The molecule has 0 bridgehead atoms. The zero-order chi connectivity index (χ0) is 21.1. The number of carbonyl (C=O) groups excluding carboxylic acids is 1. The van der Waals surface area contributed by atoms with Crippen molar-refractivity contribution in [3.8, 4) is 5.69 Å². The second-order valence-corrected chi connectivity index (χ2v) is 6.85. The maximum Gasteiger partial charge on any atom is 0.340 e. The first-order valence-corrected chi connectivity index (χ1v) is 9.19. The molecule has 3 aromatic rings.